The first-order valence-electron chi connectivity index (χ1n) is 2.88. The third kappa shape index (κ3) is 2.55. The maximum Gasteiger partial charge on any atom is 0.162 e. The van der Waals surface area contributed by atoms with Crippen LogP contribution < -0.4 is 4.74 Å². The zero-order chi connectivity index (χ0) is 8.27. The van der Waals surface area contributed by atoms with E-state index in [2.05, 4.69) is 15.9 Å². The zero-order valence-electron chi connectivity index (χ0n) is 5.48. The predicted molar refractivity (Wildman–Crippen MR) is 50.5 cm³/mol. The van der Waals surface area contributed by atoms with Gasteiger partial charge >= 0.3 is 0 Å². The first-order valence-corrected chi connectivity index (χ1v) is 4.58. The molecule has 0 unspecified atom stereocenters. The SMILES string of the molecule is ClCOc1cc(Br)ccc1Cl. The van der Waals surface area contributed by atoms with Crippen molar-refractivity contribution in [3.8, 4) is 5.75 Å². The van der Waals surface area contributed by atoms with E-state index in [1.807, 2.05) is 6.07 Å². The fourth-order valence-corrected chi connectivity index (χ4v) is 1.28. The van der Waals surface area contributed by atoms with E-state index in [0.717, 1.165) is 4.47 Å². The van der Waals surface area contributed by atoms with Crippen molar-refractivity contribution < 1.29 is 4.74 Å². The highest BCUT2D eigenvalue weighted by Gasteiger charge is 2.00. The fraction of sp³-hybridized carbons (Fsp3) is 0.143. The van der Waals surface area contributed by atoms with E-state index < -0.39 is 0 Å². The zero-order valence-corrected chi connectivity index (χ0v) is 8.58. The second-order valence-corrected chi connectivity index (χ2v) is 3.37. The van der Waals surface area contributed by atoms with E-state index in [0.29, 0.717) is 10.8 Å². The molecular weight excluding hydrogens is 251 g/mol. The molecule has 0 aliphatic heterocycles. The Morgan fingerprint density at radius 2 is 2.18 bits per heavy atom. The summed E-state index contributed by atoms with van der Waals surface area (Å²) in [6.45, 7) is 0. The van der Waals surface area contributed by atoms with Gasteiger partial charge in [-0.25, -0.2) is 0 Å². The largest absolute Gasteiger partial charge is 0.476 e. The lowest BCUT2D eigenvalue weighted by molar-refractivity contribution is 0.388. The molecule has 0 saturated carbocycles. The molecule has 0 amide bonds. The molecule has 0 aromatic heterocycles. The van der Waals surface area contributed by atoms with Crippen LogP contribution in [0.25, 0.3) is 0 Å². The van der Waals surface area contributed by atoms with Crippen LogP contribution in [-0.4, -0.2) is 6.07 Å². The van der Waals surface area contributed by atoms with Gasteiger partial charge in [0, 0.05) is 4.47 Å². The molecule has 0 aliphatic carbocycles. The molecule has 0 atom stereocenters. The van der Waals surface area contributed by atoms with Crippen molar-refractivity contribution in [3.63, 3.8) is 0 Å². The Bertz CT molecular complexity index is 252. The van der Waals surface area contributed by atoms with Gasteiger partial charge in [0.05, 0.1) is 5.02 Å². The van der Waals surface area contributed by atoms with E-state index >= 15 is 0 Å². The molecule has 1 aromatic rings. The molecule has 0 fully saturated rings. The number of benzene rings is 1. The van der Waals surface area contributed by atoms with Crippen LogP contribution in [0.3, 0.4) is 0 Å². The number of alkyl halides is 1. The minimum atomic E-state index is 0.107. The van der Waals surface area contributed by atoms with Crippen molar-refractivity contribution in [2.24, 2.45) is 0 Å². The summed E-state index contributed by atoms with van der Waals surface area (Å²) in [4.78, 5) is 0. The van der Waals surface area contributed by atoms with Gasteiger partial charge in [0.15, 0.2) is 6.07 Å². The maximum atomic E-state index is 5.77. The van der Waals surface area contributed by atoms with E-state index in [1.54, 1.807) is 12.1 Å². The first-order chi connectivity index (χ1) is 5.24. The van der Waals surface area contributed by atoms with E-state index in [9.17, 15) is 0 Å². The summed E-state index contributed by atoms with van der Waals surface area (Å²) < 4.78 is 5.94. The smallest absolute Gasteiger partial charge is 0.162 e. The molecule has 0 radical (unpaired) electrons. The van der Waals surface area contributed by atoms with E-state index in [1.165, 1.54) is 0 Å². The number of ether oxygens (including phenoxy) is 1. The van der Waals surface area contributed by atoms with Crippen molar-refractivity contribution in [1.29, 1.82) is 0 Å². The molecule has 1 nitrogen and oxygen atoms in total. The van der Waals surface area contributed by atoms with Crippen LogP contribution in [0.15, 0.2) is 22.7 Å². The lowest BCUT2D eigenvalue weighted by Gasteiger charge is -2.03. The van der Waals surface area contributed by atoms with Crippen molar-refractivity contribution in [2.75, 3.05) is 6.07 Å². The fourth-order valence-electron chi connectivity index (χ4n) is 0.647. The molecule has 0 N–H and O–H groups in total. The molecule has 0 bridgehead atoms. The Balaban J connectivity index is 2.93. The monoisotopic (exact) mass is 254 g/mol. The highest BCUT2D eigenvalue weighted by atomic mass is 79.9. The second-order valence-electron chi connectivity index (χ2n) is 1.83. The minimum Gasteiger partial charge on any atom is -0.476 e. The molecule has 0 saturated heterocycles. The van der Waals surface area contributed by atoms with Gasteiger partial charge in [-0.3, -0.25) is 0 Å². The number of halogens is 3. The van der Waals surface area contributed by atoms with E-state index in [-0.39, 0.29) is 6.07 Å². The van der Waals surface area contributed by atoms with Crippen LogP contribution in [-0.2, 0) is 0 Å². The third-order valence-corrected chi connectivity index (χ3v) is 2.02. The second kappa shape index (κ2) is 4.19. The summed E-state index contributed by atoms with van der Waals surface area (Å²) >= 11 is 14.4. The topological polar surface area (TPSA) is 9.23 Å². The van der Waals surface area contributed by atoms with Crippen molar-refractivity contribution in [2.45, 2.75) is 0 Å². The predicted octanol–water partition coefficient (Wildman–Crippen LogP) is 3.68. The standard InChI is InChI=1S/C7H5BrCl2O/c8-5-1-2-6(10)7(3-5)11-4-9/h1-3H,4H2. The van der Waals surface area contributed by atoms with Gasteiger partial charge in [0.25, 0.3) is 0 Å². The van der Waals surface area contributed by atoms with Gasteiger partial charge in [-0.05, 0) is 18.2 Å². The van der Waals surface area contributed by atoms with Gasteiger partial charge in [-0.2, -0.15) is 0 Å². The van der Waals surface area contributed by atoms with Gasteiger partial charge in [0.2, 0.25) is 0 Å². The highest BCUT2D eigenvalue weighted by Crippen LogP contribution is 2.27. The minimum absolute atomic E-state index is 0.107. The average Bonchev–Trinajstić information content (AvgIpc) is 1.98. The molecule has 4 heteroatoms. The normalized spacial score (nSPS) is 9.73. The number of hydrogen-bond donors (Lipinski definition) is 0. The summed E-state index contributed by atoms with van der Waals surface area (Å²) in [7, 11) is 0. The molecule has 1 rings (SSSR count). The van der Waals surface area contributed by atoms with Crippen molar-refractivity contribution >= 4 is 39.1 Å². The van der Waals surface area contributed by atoms with Crippen LogP contribution in [0.2, 0.25) is 5.02 Å². The van der Waals surface area contributed by atoms with Gasteiger partial charge in [0.1, 0.15) is 5.75 Å². The van der Waals surface area contributed by atoms with Crippen LogP contribution >= 0.6 is 39.1 Å². The summed E-state index contributed by atoms with van der Waals surface area (Å²) in [5.41, 5.74) is 0. The third-order valence-electron chi connectivity index (χ3n) is 1.10. The molecule has 0 spiro atoms. The maximum absolute atomic E-state index is 5.77. The van der Waals surface area contributed by atoms with Crippen molar-refractivity contribution in [3.05, 3.63) is 27.7 Å². The lowest BCUT2D eigenvalue weighted by Crippen LogP contribution is -1.89. The molecule has 11 heavy (non-hydrogen) atoms. The van der Waals surface area contributed by atoms with E-state index in [4.69, 9.17) is 27.9 Å². The molecule has 1 aromatic carbocycles. The molecule has 0 heterocycles. The van der Waals surface area contributed by atoms with Gasteiger partial charge < -0.3 is 4.74 Å². The van der Waals surface area contributed by atoms with Crippen LogP contribution in [0.5, 0.6) is 5.75 Å². The molecule has 0 aliphatic rings. The Labute approximate surface area is 83.4 Å². The lowest BCUT2D eigenvalue weighted by atomic mass is 10.3. The number of hydrogen-bond acceptors (Lipinski definition) is 1. The van der Waals surface area contributed by atoms with Gasteiger partial charge in [-0.15, -0.1) is 0 Å². The molecular formula is C7H5BrCl2O. The quantitative estimate of drug-likeness (QED) is 0.733. The Kier molecular flexibility index (Phi) is 3.49. The summed E-state index contributed by atoms with van der Waals surface area (Å²) in [5.74, 6) is 0.594. The summed E-state index contributed by atoms with van der Waals surface area (Å²) in [6.07, 6.45) is 0. The first kappa shape index (κ1) is 9.17. The number of rotatable bonds is 2. The Morgan fingerprint density at radius 3 is 2.82 bits per heavy atom. The highest BCUT2D eigenvalue weighted by molar-refractivity contribution is 9.10. The molecule has 60 valence electrons. The van der Waals surface area contributed by atoms with Crippen LogP contribution in [0.1, 0.15) is 0 Å². The van der Waals surface area contributed by atoms with Crippen molar-refractivity contribution in [1.82, 2.24) is 0 Å². The van der Waals surface area contributed by atoms with Crippen LogP contribution in [0.4, 0.5) is 0 Å². The van der Waals surface area contributed by atoms with Gasteiger partial charge in [-0.1, -0.05) is 39.1 Å². The average molecular weight is 256 g/mol. The summed E-state index contributed by atoms with van der Waals surface area (Å²) in [6, 6.07) is 5.46. The summed E-state index contributed by atoms with van der Waals surface area (Å²) in [5, 5.41) is 0.564. The van der Waals surface area contributed by atoms with Crippen LogP contribution in [0, 0.1) is 0 Å². The Hall–Kier alpha value is 0.0800. The Morgan fingerprint density at radius 1 is 1.45 bits per heavy atom.